The molecular weight excluding hydrogens is 302 g/mol. The van der Waals surface area contributed by atoms with Gasteiger partial charge >= 0.3 is 0 Å². The monoisotopic (exact) mass is 327 g/mol. The Bertz CT molecular complexity index is 672. The summed E-state index contributed by atoms with van der Waals surface area (Å²) in [6.07, 6.45) is 2.54. The number of aliphatic hydroxyl groups excluding tert-OH is 1. The van der Waals surface area contributed by atoms with Crippen molar-refractivity contribution in [2.45, 2.75) is 31.4 Å². The van der Waals surface area contributed by atoms with Gasteiger partial charge in [0.15, 0.2) is 11.5 Å². The van der Waals surface area contributed by atoms with Crippen molar-refractivity contribution >= 4 is 0 Å². The molecule has 0 saturated heterocycles. The molecule has 0 radical (unpaired) electrons. The van der Waals surface area contributed by atoms with Crippen LogP contribution in [0.15, 0.2) is 42.5 Å². The minimum Gasteiger partial charge on any atom is -0.493 e. The maximum atomic E-state index is 10.3. The fraction of sp³-hybridized carbons (Fsp3) is 0.400. The molecule has 2 N–H and O–H groups in total. The van der Waals surface area contributed by atoms with E-state index in [9.17, 15) is 5.11 Å². The molecule has 24 heavy (non-hydrogen) atoms. The summed E-state index contributed by atoms with van der Waals surface area (Å²) in [6, 6.07) is 14.3. The molecule has 0 saturated carbocycles. The predicted molar refractivity (Wildman–Crippen MR) is 94.8 cm³/mol. The second kappa shape index (κ2) is 7.69. The van der Waals surface area contributed by atoms with Crippen molar-refractivity contribution in [2.24, 2.45) is 0 Å². The summed E-state index contributed by atoms with van der Waals surface area (Å²) in [5, 5.41) is 13.8. The van der Waals surface area contributed by atoms with E-state index in [-0.39, 0.29) is 0 Å². The molecule has 2 aromatic rings. The minimum atomic E-state index is -0.474. The quantitative estimate of drug-likeness (QED) is 0.856. The van der Waals surface area contributed by atoms with Gasteiger partial charge in [0.05, 0.1) is 20.3 Å². The van der Waals surface area contributed by atoms with Gasteiger partial charge in [-0.15, -0.1) is 0 Å². The summed E-state index contributed by atoms with van der Waals surface area (Å²) >= 11 is 0. The Morgan fingerprint density at radius 1 is 1.08 bits per heavy atom. The van der Waals surface area contributed by atoms with Crippen LogP contribution in [-0.2, 0) is 12.8 Å². The van der Waals surface area contributed by atoms with E-state index in [2.05, 4.69) is 17.4 Å². The van der Waals surface area contributed by atoms with Crippen LogP contribution in [0.1, 0.15) is 29.2 Å². The highest BCUT2D eigenvalue weighted by molar-refractivity contribution is 5.48. The zero-order chi connectivity index (χ0) is 16.9. The Labute approximate surface area is 143 Å². The van der Waals surface area contributed by atoms with E-state index in [0.29, 0.717) is 12.6 Å². The van der Waals surface area contributed by atoms with E-state index in [1.165, 1.54) is 11.1 Å². The molecule has 0 spiro atoms. The number of methoxy groups -OCH3 is 2. The first-order valence-corrected chi connectivity index (χ1v) is 8.41. The van der Waals surface area contributed by atoms with Crippen molar-refractivity contribution in [3.8, 4) is 11.5 Å². The van der Waals surface area contributed by atoms with E-state index >= 15 is 0 Å². The van der Waals surface area contributed by atoms with Gasteiger partial charge in [-0.25, -0.2) is 0 Å². The summed E-state index contributed by atoms with van der Waals surface area (Å²) in [4.78, 5) is 0. The fourth-order valence-corrected chi connectivity index (χ4v) is 3.33. The zero-order valence-corrected chi connectivity index (χ0v) is 14.3. The Morgan fingerprint density at radius 2 is 1.75 bits per heavy atom. The van der Waals surface area contributed by atoms with Crippen LogP contribution in [0.3, 0.4) is 0 Å². The van der Waals surface area contributed by atoms with Gasteiger partial charge in [-0.3, -0.25) is 0 Å². The van der Waals surface area contributed by atoms with Crippen molar-refractivity contribution in [3.05, 3.63) is 59.2 Å². The van der Waals surface area contributed by atoms with E-state index in [4.69, 9.17) is 9.47 Å². The topological polar surface area (TPSA) is 50.7 Å². The summed E-state index contributed by atoms with van der Waals surface area (Å²) in [7, 11) is 3.33. The Kier molecular flexibility index (Phi) is 5.38. The van der Waals surface area contributed by atoms with Crippen molar-refractivity contribution in [2.75, 3.05) is 20.8 Å². The molecule has 1 aliphatic rings. The van der Waals surface area contributed by atoms with Crippen LogP contribution in [0, 0.1) is 0 Å². The molecule has 0 aromatic heterocycles. The molecule has 4 nitrogen and oxygen atoms in total. The molecule has 1 aliphatic carbocycles. The lowest BCUT2D eigenvalue weighted by molar-refractivity contribution is 0.168. The van der Waals surface area contributed by atoms with E-state index in [1.54, 1.807) is 14.2 Å². The first-order valence-electron chi connectivity index (χ1n) is 8.41. The lowest BCUT2D eigenvalue weighted by Crippen LogP contribution is -2.37. The predicted octanol–water partition coefficient (Wildman–Crippen LogP) is 2.88. The number of hydrogen-bond donors (Lipinski definition) is 2. The third kappa shape index (κ3) is 3.71. The summed E-state index contributed by atoms with van der Waals surface area (Å²) in [6.45, 7) is 0.567. The Hall–Kier alpha value is -2.04. The second-order valence-corrected chi connectivity index (χ2v) is 6.25. The Morgan fingerprint density at radius 3 is 2.42 bits per heavy atom. The van der Waals surface area contributed by atoms with Gasteiger partial charge in [-0.05, 0) is 48.1 Å². The minimum absolute atomic E-state index is 0.369. The first kappa shape index (κ1) is 16.8. The largest absolute Gasteiger partial charge is 0.493 e. The number of benzene rings is 2. The number of fused-ring (bicyclic) bond motifs is 1. The molecule has 3 rings (SSSR count). The van der Waals surface area contributed by atoms with Crippen LogP contribution in [0.2, 0.25) is 0 Å². The first-order chi connectivity index (χ1) is 11.7. The van der Waals surface area contributed by atoms with Crippen LogP contribution < -0.4 is 14.8 Å². The number of ether oxygens (including phenoxy) is 2. The zero-order valence-electron chi connectivity index (χ0n) is 14.3. The molecule has 0 heterocycles. The maximum Gasteiger partial charge on any atom is 0.161 e. The third-order valence-electron chi connectivity index (χ3n) is 4.72. The van der Waals surface area contributed by atoms with Gasteiger partial charge in [-0.1, -0.05) is 30.3 Å². The Balaban J connectivity index is 1.63. The highest BCUT2D eigenvalue weighted by Gasteiger charge is 2.21. The number of aliphatic hydroxyl groups is 1. The molecule has 0 aliphatic heterocycles. The number of hydrogen-bond acceptors (Lipinski definition) is 4. The summed E-state index contributed by atoms with van der Waals surface area (Å²) in [5.74, 6) is 1.57. The van der Waals surface area contributed by atoms with Gasteiger partial charge < -0.3 is 19.9 Å². The maximum absolute atomic E-state index is 10.3. The van der Waals surface area contributed by atoms with Crippen LogP contribution in [0.4, 0.5) is 0 Å². The molecular formula is C20H25NO3. The van der Waals surface area contributed by atoms with Gasteiger partial charge in [-0.2, -0.15) is 0 Å². The van der Waals surface area contributed by atoms with E-state index in [1.807, 2.05) is 30.3 Å². The summed E-state index contributed by atoms with van der Waals surface area (Å²) in [5.41, 5.74) is 3.58. The number of nitrogens with one attached hydrogen (secondary N) is 1. The lowest BCUT2D eigenvalue weighted by atomic mass is 9.87. The van der Waals surface area contributed by atoms with Gasteiger partial charge in [0.1, 0.15) is 0 Å². The number of rotatable bonds is 6. The average Bonchev–Trinajstić information content (AvgIpc) is 2.65. The van der Waals surface area contributed by atoms with Crippen LogP contribution in [0.5, 0.6) is 11.5 Å². The smallest absolute Gasteiger partial charge is 0.161 e. The normalized spacial score (nSPS) is 17.9. The molecule has 4 heteroatoms. The van der Waals surface area contributed by atoms with Crippen molar-refractivity contribution in [3.63, 3.8) is 0 Å². The molecule has 2 atom stereocenters. The molecule has 0 amide bonds. The molecule has 0 fully saturated rings. The van der Waals surface area contributed by atoms with E-state index in [0.717, 1.165) is 36.3 Å². The number of aryl methyl sites for hydroxylation is 1. The molecule has 0 bridgehead atoms. The summed E-state index contributed by atoms with van der Waals surface area (Å²) < 4.78 is 10.8. The van der Waals surface area contributed by atoms with Crippen molar-refractivity contribution in [1.82, 2.24) is 5.32 Å². The highest BCUT2D eigenvalue weighted by atomic mass is 16.5. The van der Waals surface area contributed by atoms with Gasteiger partial charge in [0.2, 0.25) is 0 Å². The van der Waals surface area contributed by atoms with Crippen molar-refractivity contribution < 1.29 is 14.6 Å². The van der Waals surface area contributed by atoms with Crippen LogP contribution in [0.25, 0.3) is 0 Å². The van der Waals surface area contributed by atoms with Gasteiger partial charge in [0, 0.05) is 12.6 Å². The molecule has 2 unspecified atom stereocenters. The second-order valence-electron chi connectivity index (χ2n) is 6.25. The third-order valence-corrected chi connectivity index (χ3v) is 4.72. The SMILES string of the molecule is COc1cc2c(cc1OC)CC(NCC(O)c1ccccc1)CC2. The molecule has 2 aromatic carbocycles. The standard InChI is InChI=1S/C20H25NO3/c1-23-19-11-15-8-9-17(10-16(15)12-20(19)24-2)21-13-18(22)14-6-4-3-5-7-14/h3-7,11-12,17-18,21-22H,8-10,13H2,1-2H3. The van der Waals surface area contributed by atoms with Crippen LogP contribution in [-0.4, -0.2) is 31.9 Å². The van der Waals surface area contributed by atoms with Crippen molar-refractivity contribution in [1.29, 1.82) is 0 Å². The van der Waals surface area contributed by atoms with Gasteiger partial charge in [0.25, 0.3) is 0 Å². The average molecular weight is 327 g/mol. The fourth-order valence-electron chi connectivity index (χ4n) is 3.33. The van der Waals surface area contributed by atoms with E-state index < -0.39 is 6.10 Å². The van der Waals surface area contributed by atoms with Crippen LogP contribution >= 0.6 is 0 Å². The lowest BCUT2D eigenvalue weighted by Gasteiger charge is -2.27. The highest BCUT2D eigenvalue weighted by Crippen LogP contribution is 2.34. The molecule has 128 valence electrons.